The van der Waals surface area contributed by atoms with Crippen molar-refractivity contribution in [3.8, 4) is 0 Å². The third kappa shape index (κ3) is 8.28. The molecule has 1 aromatic carbocycles. The highest BCUT2D eigenvalue weighted by atomic mass is 32.2. The van der Waals surface area contributed by atoms with Crippen LogP contribution in [0.3, 0.4) is 0 Å². The van der Waals surface area contributed by atoms with Gasteiger partial charge in [-0.05, 0) is 64.1 Å². The molecule has 0 radical (unpaired) electrons. The molecule has 0 aliphatic heterocycles. The van der Waals surface area contributed by atoms with Crippen LogP contribution in [0.4, 0.5) is 0 Å². The van der Waals surface area contributed by atoms with E-state index in [1.165, 1.54) is 7.05 Å². The maximum absolute atomic E-state index is 11.9. The summed E-state index contributed by atoms with van der Waals surface area (Å²) < 4.78 is 26.2. The lowest BCUT2D eigenvalue weighted by atomic mass is 10.2. The zero-order chi connectivity index (χ0) is 20.3. The van der Waals surface area contributed by atoms with E-state index < -0.39 is 10.0 Å². The molecule has 0 saturated carbocycles. The molecule has 0 amide bonds. The molecule has 0 spiro atoms. The second kappa shape index (κ2) is 11.9. The second-order valence-electron chi connectivity index (χ2n) is 6.50. The van der Waals surface area contributed by atoms with Crippen LogP contribution in [0, 0.1) is 0 Å². The van der Waals surface area contributed by atoms with Crippen LogP contribution in [-0.4, -0.2) is 59.0 Å². The summed E-state index contributed by atoms with van der Waals surface area (Å²) in [4.78, 5) is 6.94. The first-order valence-electron chi connectivity index (χ1n) is 9.58. The molecule has 0 aromatic heterocycles. The first kappa shape index (κ1) is 23.4. The van der Waals surface area contributed by atoms with Crippen molar-refractivity contribution >= 4 is 16.0 Å². The van der Waals surface area contributed by atoms with Crippen molar-refractivity contribution in [2.24, 2.45) is 4.99 Å². The molecule has 3 N–H and O–H groups in total. The Morgan fingerprint density at radius 2 is 1.96 bits per heavy atom. The molecule has 7 nitrogen and oxygen atoms in total. The minimum atomic E-state index is -3.43. The normalized spacial score (nSPS) is 13.6. The molecule has 1 unspecified atom stereocenters. The number of rotatable bonds is 11. The number of aliphatic imine (C=N–C) groups is 1. The van der Waals surface area contributed by atoms with Gasteiger partial charge in [0, 0.05) is 19.6 Å². The van der Waals surface area contributed by atoms with E-state index in [1.54, 1.807) is 25.2 Å². The predicted molar refractivity (Wildman–Crippen MR) is 113 cm³/mol. The Labute approximate surface area is 164 Å². The second-order valence-corrected chi connectivity index (χ2v) is 8.38. The van der Waals surface area contributed by atoms with Crippen LogP contribution in [0.5, 0.6) is 0 Å². The predicted octanol–water partition coefficient (Wildman–Crippen LogP) is 1.77. The number of guanidine groups is 1. The summed E-state index contributed by atoms with van der Waals surface area (Å²) in [6.07, 6.45) is 2.20. The maximum atomic E-state index is 11.9. The Balaban J connectivity index is 2.52. The third-order valence-corrected chi connectivity index (χ3v) is 5.96. The average molecular weight is 398 g/mol. The van der Waals surface area contributed by atoms with E-state index in [0.29, 0.717) is 18.5 Å². The molecule has 27 heavy (non-hydrogen) atoms. The average Bonchev–Trinajstić information content (AvgIpc) is 2.68. The fourth-order valence-electron chi connectivity index (χ4n) is 2.79. The van der Waals surface area contributed by atoms with Crippen molar-refractivity contribution in [3.05, 3.63) is 29.8 Å². The molecular weight excluding hydrogens is 362 g/mol. The van der Waals surface area contributed by atoms with Gasteiger partial charge in [0.15, 0.2) is 5.96 Å². The van der Waals surface area contributed by atoms with Crippen molar-refractivity contribution in [2.45, 2.75) is 51.1 Å². The smallest absolute Gasteiger partial charge is 0.240 e. The van der Waals surface area contributed by atoms with Gasteiger partial charge in [-0.2, -0.15) is 0 Å². The SMILES string of the molecule is CCN(CC)CCCC(C)NC(=NC)NCc1cccc(S(=O)(=O)NC)c1. The molecule has 154 valence electrons. The highest BCUT2D eigenvalue weighted by Gasteiger charge is 2.12. The van der Waals surface area contributed by atoms with Crippen LogP contribution in [-0.2, 0) is 16.6 Å². The Bertz CT molecular complexity index is 687. The molecule has 1 aromatic rings. The Hall–Kier alpha value is -1.64. The molecule has 0 aliphatic carbocycles. The minimum Gasteiger partial charge on any atom is -0.354 e. The fourth-order valence-corrected chi connectivity index (χ4v) is 3.59. The summed E-state index contributed by atoms with van der Waals surface area (Å²) in [7, 11) is -0.287. The van der Waals surface area contributed by atoms with Crippen molar-refractivity contribution in [3.63, 3.8) is 0 Å². The van der Waals surface area contributed by atoms with Crippen molar-refractivity contribution < 1.29 is 8.42 Å². The van der Waals surface area contributed by atoms with Crippen LogP contribution in [0.25, 0.3) is 0 Å². The quantitative estimate of drug-likeness (QED) is 0.391. The third-order valence-electron chi connectivity index (χ3n) is 4.55. The Kier molecular flexibility index (Phi) is 10.4. The summed E-state index contributed by atoms with van der Waals surface area (Å²) in [5.74, 6) is 0.715. The Morgan fingerprint density at radius 1 is 1.26 bits per heavy atom. The lowest BCUT2D eigenvalue weighted by Crippen LogP contribution is -2.42. The highest BCUT2D eigenvalue weighted by Crippen LogP contribution is 2.11. The van der Waals surface area contributed by atoms with E-state index in [0.717, 1.165) is 38.0 Å². The van der Waals surface area contributed by atoms with Crippen LogP contribution in [0.2, 0.25) is 0 Å². The lowest BCUT2D eigenvalue weighted by Gasteiger charge is -2.21. The number of benzene rings is 1. The fraction of sp³-hybridized carbons (Fsp3) is 0.632. The lowest BCUT2D eigenvalue weighted by molar-refractivity contribution is 0.292. The number of nitrogens with zero attached hydrogens (tertiary/aromatic N) is 2. The van der Waals surface area contributed by atoms with Crippen molar-refractivity contribution in [1.29, 1.82) is 0 Å². The molecule has 0 fully saturated rings. The van der Waals surface area contributed by atoms with E-state index in [4.69, 9.17) is 0 Å². The number of sulfonamides is 1. The molecule has 0 saturated heterocycles. The summed E-state index contributed by atoms with van der Waals surface area (Å²) in [5, 5.41) is 6.64. The van der Waals surface area contributed by atoms with Gasteiger partial charge in [0.05, 0.1) is 4.90 Å². The van der Waals surface area contributed by atoms with Gasteiger partial charge in [-0.15, -0.1) is 0 Å². The van der Waals surface area contributed by atoms with E-state index in [1.807, 2.05) is 6.07 Å². The van der Waals surface area contributed by atoms with E-state index in [-0.39, 0.29) is 4.90 Å². The van der Waals surface area contributed by atoms with Gasteiger partial charge in [-0.3, -0.25) is 4.99 Å². The summed E-state index contributed by atoms with van der Waals surface area (Å²) in [6, 6.07) is 7.19. The van der Waals surface area contributed by atoms with Gasteiger partial charge in [-0.25, -0.2) is 13.1 Å². The summed E-state index contributed by atoms with van der Waals surface area (Å²) >= 11 is 0. The first-order valence-corrected chi connectivity index (χ1v) is 11.1. The van der Waals surface area contributed by atoms with E-state index >= 15 is 0 Å². The van der Waals surface area contributed by atoms with Gasteiger partial charge in [0.1, 0.15) is 0 Å². The van der Waals surface area contributed by atoms with Gasteiger partial charge >= 0.3 is 0 Å². The zero-order valence-corrected chi connectivity index (χ0v) is 18.1. The van der Waals surface area contributed by atoms with Gasteiger partial charge in [0.2, 0.25) is 10.0 Å². The van der Waals surface area contributed by atoms with E-state index in [9.17, 15) is 8.42 Å². The minimum absolute atomic E-state index is 0.261. The van der Waals surface area contributed by atoms with Crippen LogP contribution in [0.1, 0.15) is 39.2 Å². The van der Waals surface area contributed by atoms with Crippen molar-refractivity contribution in [1.82, 2.24) is 20.3 Å². The topological polar surface area (TPSA) is 85.8 Å². The molecular formula is C19H35N5O2S. The van der Waals surface area contributed by atoms with E-state index in [2.05, 4.69) is 46.0 Å². The van der Waals surface area contributed by atoms with Gasteiger partial charge in [-0.1, -0.05) is 26.0 Å². The highest BCUT2D eigenvalue weighted by molar-refractivity contribution is 7.89. The van der Waals surface area contributed by atoms with Crippen LogP contribution < -0.4 is 15.4 Å². The standard InChI is InChI=1S/C19H35N5O2S/c1-6-24(7-2)13-9-10-16(3)23-19(20-4)22-15-17-11-8-12-18(14-17)27(25,26)21-5/h8,11-12,14,16,21H,6-7,9-10,13,15H2,1-5H3,(H2,20,22,23). The number of hydrogen-bond donors (Lipinski definition) is 3. The maximum Gasteiger partial charge on any atom is 0.240 e. The molecule has 1 rings (SSSR count). The molecule has 0 heterocycles. The first-order chi connectivity index (χ1) is 12.9. The van der Waals surface area contributed by atoms with Gasteiger partial charge in [0.25, 0.3) is 0 Å². The monoisotopic (exact) mass is 397 g/mol. The summed E-state index contributed by atoms with van der Waals surface area (Å²) in [5.41, 5.74) is 0.878. The van der Waals surface area contributed by atoms with Crippen LogP contribution >= 0.6 is 0 Å². The van der Waals surface area contributed by atoms with Crippen LogP contribution in [0.15, 0.2) is 34.2 Å². The molecule has 0 bridgehead atoms. The number of hydrogen-bond acceptors (Lipinski definition) is 4. The molecule has 8 heteroatoms. The summed E-state index contributed by atoms with van der Waals surface area (Å²) in [6.45, 7) is 10.3. The zero-order valence-electron chi connectivity index (χ0n) is 17.2. The number of nitrogens with one attached hydrogen (secondary N) is 3. The van der Waals surface area contributed by atoms with Gasteiger partial charge < -0.3 is 15.5 Å². The molecule has 0 aliphatic rings. The largest absolute Gasteiger partial charge is 0.354 e. The van der Waals surface area contributed by atoms with Crippen molar-refractivity contribution in [2.75, 3.05) is 33.7 Å². The molecule has 1 atom stereocenters. The Morgan fingerprint density at radius 3 is 2.56 bits per heavy atom.